The third-order valence-electron chi connectivity index (χ3n) is 3.17. The Labute approximate surface area is 123 Å². The summed E-state index contributed by atoms with van der Waals surface area (Å²) in [6, 6.07) is 1.18. The van der Waals surface area contributed by atoms with Crippen LogP contribution in [0.1, 0.15) is 16.8 Å². The van der Waals surface area contributed by atoms with Gasteiger partial charge in [0.15, 0.2) is 0 Å². The molecule has 2 rings (SSSR count). The smallest absolute Gasteiger partial charge is 0.341 e. The summed E-state index contributed by atoms with van der Waals surface area (Å²) in [6.07, 6.45) is 1.81. The molecule has 1 atom stereocenters. The lowest BCUT2D eigenvalue weighted by Crippen LogP contribution is -2.29. The summed E-state index contributed by atoms with van der Waals surface area (Å²) in [4.78, 5) is 11.3. The summed E-state index contributed by atoms with van der Waals surface area (Å²) in [6.45, 7) is 1.25. The Kier molecular flexibility index (Phi) is 5.58. The zero-order chi connectivity index (χ0) is 14.0. The molecule has 0 amide bonds. The Morgan fingerprint density at radius 1 is 1.60 bits per heavy atom. The van der Waals surface area contributed by atoms with Gasteiger partial charge < -0.3 is 14.9 Å². The molecule has 114 valence electrons. The number of methoxy groups -OCH3 is 1. The predicted octanol–water partition coefficient (Wildman–Crippen LogP) is 0.457. The summed E-state index contributed by atoms with van der Waals surface area (Å²) in [5.74, 6) is -0.462. The number of nitrogens with two attached hydrogens (primary N) is 1. The SMILES string of the molecule is COC(=O)c1coc(S(=O)(=O)N2CCC(CN)C2)c1.Cl. The standard InChI is InChI=1S/C11H16N2O5S.ClH/c1-17-11(14)9-4-10(18-7-9)19(15,16)13-3-2-8(5-12)6-13;/h4,7-8H,2-3,5-6,12H2,1H3;1H. The summed E-state index contributed by atoms with van der Waals surface area (Å²) < 4.78 is 35.3. The minimum Gasteiger partial charge on any atom is -0.465 e. The predicted molar refractivity (Wildman–Crippen MR) is 73.2 cm³/mol. The lowest BCUT2D eigenvalue weighted by molar-refractivity contribution is 0.0600. The van der Waals surface area contributed by atoms with E-state index < -0.39 is 16.0 Å². The molecule has 1 fully saturated rings. The first kappa shape index (κ1) is 17.0. The van der Waals surface area contributed by atoms with Gasteiger partial charge in [0.2, 0.25) is 5.09 Å². The van der Waals surface area contributed by atoms with Gasteiger partial charge in [0.05, 0.1) is 12.7 Å². The highest BCUT2D eigenvalue weighted by Crippen LogP contribution is 2.25. The minimum atomic E-state index is -3.70. The summed E-state index contributed by atoms with van der Waals surface area (Å²) in [5, 5.41) is -0.245. The monoisotopic (exact) mass is 324 g/mol. The molecule has 0 aromatic carbocycles. The van der Waals surface area contributed by atoms with E-state index in [-0.39, 0.29) is 29.0 Å². The van der Waals surface area contributed by atoms with E-state index in [1.807, 2.05) is 0 Å². The van der Waals surface area contributed by atoms with Crippen molar-refractivity contribution >= 4 is 28.4 Å². The second kappa shape index (κ2) is 6.57. The van der Waals surface area contributed by atoms with Crippen LogP contribution in [0.15, 0.2) is 21.8 Å². The van der Waals surface area contributed by atoms with E-state index in [9.17, 15) is 13.2 Å². The fraction of sp³-hybridized carbons (Fsp3) is 0.545. The van der Waals surface area contributed by atoms with Crippen LogP contribution in [-0.2, 0) is 14.8 Å². The van der Waals surface area contributed by atoms with E-state index in [2.05, 4.69) is 4.74 Å². The second-order valence-electron chi connectivity index (χ2n) is 4.40. The van der Waals surface area contributed by atoms with Gasteiger partial charge in [0.1, 0.15) is 6.26 Å². The number of carbonyl (C=O) groups excluding carboxylic acids is 1. The lowest BCUT2D eigenvalue weighted by Gasteiger charge is -2.13. The van der Waals surface area contributed by atoms with Crippen LogP contribution in [0.5, 0.6) is 0 Å². The van der Waals surface area contributed by atoms with E-state index >= 15 is 0 Å². The molecule has 1 aromatic rings. The van der Waals surface area contributed by atoms with Crippen LogP contribution in [0.2, 0.25) is 0 Å². The molecule has 0 radical (unpaired) electrons. The minimum absolute atomic E-state index is 0. The van der Waals surface area contributed by atoms with Crippen LogP contribution in [0.3, 0.4) is 0 Å². The molecule has 0 spiro atoms. The van der Waals surface area contributed by atoms with E-state index in [1.165, 1.54) is 17.5 Å². The first-order valence-electron chi connectivity index (χ1n) is 5.86. The highest BCUT2D eigenvalue weighted by Gasteiger charge is 2.34. The zero-order valence-corrected chi connectivity index (χ0v) is 12.6. The molecule has 1 aromatic heterocycles. The van der Waals surface area contributed by atoms with Gasteiger partial charge in [-0.05, 0) is 18.9 Å². The van der Waals surface area contributed by atoms with Crippen molar-refractivity contribution in [2.24, 2.45) is 11.7 Å². The average molecular weight is 325 g/mol. The molecule has 0 aliphatic carbocycles. The van der Waals surface area contributed by atoms with Crippen molar-refractivity contribution in [3.63, 3.8) is 0 Å². The molecule has 0 bridgehead atoms. The van der Waals surface area contributed by atoms with E-state index in [0.29, 0.717) is 19.6 Å². The Morgan fingerprint density at radius 2 is 2.30 bits per heavy atom. The van der Waals surface area contributed by atoms with Gasteiger partial charge in [-0.3, -0.25) is 0 Å². The highest BCUT2D eigenvalue weighted by atomic mass is 35.5. The van der Waals surface area contributed by atoms with Crippen molar-refractivity contribution in [3.05, 3.63) is 17.9 Å². The van der Waals surface area contributed by atoms with Crippen molar-refractivity contribution in [1.29, 1.82) is 0 Å². The summed E-state index contributed by atoms with van der Waals surface area (Å²) in [5.41, 5.74) is 5.61. The van der Waals surface area contributed by atoms with Gasteiger partial charge in [-0.25, -0.2) is 13.2 Å². The molecule has 1 saturated heterocycles. The third kappa shape index (κ3) is 3.14. The normalized spacial score (nSPS) is 19.6. The van der Waals surface area contributed by atoms with Crippen molar-refractivity contribution in [2.45, 2.75) is 11.5 Å². The molecule has 1 unspecified atom stereocenters. The number of carbonyl (C=O) groups is 1. The number of halogens is 1. The molecule has 7 nitrogen and oxygen atoms in total. The van der Waals surface area contributed by atoms with Crippen LogP contribution in [0.25, 0.3) is 0 Å². The van der Waals surface area contributed by atoms with Crippen LogP contribution in [0, 0.1) is 5.92 Å². The number of nitrogens with zero attached hydrogens (tertiary/aromatic N) is 1. The highest BCUT2D eigenvalue weighted by molar-refractivity contribution is 7.89. The Morgan fingerprint density at radius 3 is 2.85 bits per heavy atom. The Hall–Kier alpha value is -1.09. The third-order valence-corrected chi connectivity index (χ3v) is 4.91. The first-order valence-corrected chi connectivity index (χ1v) is 7.30. The Bertz CT molecular complexity index is 571. The molecular formula is C11H17ClN2O5S. The molecular weight excluding hydrogens is 308 g/mol. The number of furan rings is 1. The number of esters is 1. The van der Waals surface area contributed by atoms with Gasteiger partial charge in [0.25, 0.3) is 10.0 Å². The summed E-state index contributed by atoms with van der Waals surface area (Å²) in [7, 11) is -2.48. The van der Waals surface area contributed by atoms with Gasteiger partial charge in [-0.2, -0.15) is 4.31 Å². The number of rotatable bonds is 4. The molecule has 2 N–H and O–H groups in total. The van der Waals surface area contributed by atoms with Crippen molar-refractivity contribution < 1.29 is 22.4 Å². The number of hydrogen-bond donors (Lipinski definition) is 1. The van der Waals surface area contributed by atoms with E-state index in [4.69, 9.17) is 10.2 Å². The van der Waals surface area contributed by atoms with Crippen LogP contribution in [0.4, 0.5) is 0 Å². The van der Waals surface area contributed by atoms with Gasteiger partial charge >= 0.3 is 5.97 Å². The molecule has 9 heteroatoms. The number of hydrogen-bond acceptors (Lipinski definition) is 6. The van der Waals surface area contributed by atoms with Crippen LogP contribution >= 0.6 is 12.4 Å². The van der Waals surface area contributed by atoms with Crippen molar-refractivity contribution in [2.75, 3.05) is 26.7 Å². The van der Waals surface area contributed by atoms with Crippen molar-refractivity contribution in [3.8, 4) is 0 Å². The van der Waals surface area contributed by atoms with E-state index in [0.717, 1.165) is 12.7 Å². The molecule has 20 heavy (non-hydrogen) atoms. The van der Waals surface area contributed by atoms with Crippen LogP contribution in [-0.4, -0.2) is 45.4 Å². The van der Waals surface area contributed by atoms with E-state index in [1.54, 1.807) is 0 Å². The summed E-state index contributed by atoms with van der Waals surface area (Å²) >= 11 is 0. The maximum absolute atomic E-state index is 12.3. The molecule has 0 saturated carbocycles. The first-order chi connectivity index (χ1) is 8.98. The van der Waals surface area contributed by atoms with Gasteiger partial charge in [-0.1, -0.05) is 0 Å². The topological polar surface area (TPSA) is 103 Å². The molecule has 1 aliphatic heterocycles. The second-order valence-corrected chi connectivity index (χ2v) is 6.27. The van der Waals surface area contributed by atoms with Crippen molar-refractivity contribution in [1.82, 2.24) is 4.31 Å². The van der Waals surface area contributed by atoms with Crippen LogP contribution < -0.4 is 5.73 Å². The fourth-order valence-corrected chi connectivity index (χ4v) is 3.46. The lowest BCUT2D eigenvalue weighted by atomic mass is 10.1. The molecule has 1 aliphatic rings. The maximum atomic E-state index is 12.3. The van der Waals surface area contributed by atoms with Gasteiger partial charge in [-0.15, -0.1) is 12.4 Å². The maximum Gasteiger partial charge on any atom is 0.341 e. The largest absolute Gasteiger partial charge is 0.465 e. The number of ether oxygens (including phenoxy) is 1. The average Bonchev–Trinajstić information content (AvgIpc) is 3.06. The quantitative estimate of drug-likeness (QED) is 0.807. The Balaban J connectivity index is 0.00000200. The van der Waals surface area contributed by atoms with Gasteiger partial charge in [0, 0.05) is 19.2 Å². The number of sulfonamides is 1. The molecule has 2 heterocycles. The fourth-order valence-electron chi connectivity index (χ4n) is 2.01. The zero-order valence-electron chi connectivity index (χ0n) is 10.9.